The Morgan fingerprint density at radius 1 is 1.00 bits per heavy atom. The highest BCUT2D eigenvalue weighted by Crippen LogP contribution is 2.46. The first-order chi connectivity index (χ1) is 16.0. The molecule has 0 aliphatic heterocycles. The van der Waals surface area contributed by atoms with Gasteiger partial charge in [-0.25, -0.2) is 8.78 Å². The Labute approximate surface area is 195 Å². The van der Waals surface area contributed by atoms with E-state index in [4.69, 9.17) is 4.98 Å². The second-order valence-corrected chi connectivity index (χ2v) is 9.35. The summed E-state index contributed by atoms with van der Waals surface area (Å²) in [6, 6.07) is 9.57. The van der Waals surface area contributed by atoms with Crippen molar-refractivity contribution in [1.29, 1.82) is 0 Å². The normalized spacial score (nSPS) is 19.2. The lowest BCUT2D eigenvalue weighted by Crippen LogP contribution is -2.22. The van der Waals surface area contributed by atoms with E-state index in [1.807, 2.05) is 20.8 Å². The molecule has 2 nitrogen and oxygen atoms in total. The highest BCUT2D eigenvalue weighted by Gasteiger charge is 2.35. The number of alkyl halides is 4. The molecule has 0 saturated heterocycles. The molecule has 1 heterocycles. The Morgan fingerprint density at radius 3 is 2.18 bits per heavy atom. The van der Waals surface area contributed by atoms with E-state index in [0.29, 0.717) is 40.9 Å². The van der Waals surface area contributed by atoms with Crippen molar-refractivity contribution >= 4 is 0 Å². The predicted octanol–water partition coefficient (Wildman–Crippen LogP) is 7.70. The van der Waals surface area contributed by atoms with Crippen LogP contribution in [0.2, 0.25) is 0 Å². The van der Waals surface area contributed by atoms with Gasteiger partial charge in [0.05, 0.1) is 17.4 Å². The third-order valence-corrected chi connectivity index (χ3v) is 6.35. The van der Waals surface area contributed by atoms with Crippen molar-refractivity contribution in [2.75, 3.05) is 0 Å². The van der Waals surface area contributed by atoms with E-state index < -0.39 is 29.8 Å². The number of pyridine rings is 1. The molecule has 3 unspecified atom stereocenters. The van der Waals surface area contributed by atoms with E-state index in [-0.39, 0.29) is 23.0 Å². The molecule has 3 atom stereocenters. The maximum absolute atomic E-state index is 16.2. The van der Waals surface area contributed by atoms with Crippen LogP contribution in [-0.2, 0) is 12.6 Å². The van der Waals surface area contributed by atoms with Gasteiger partial charge in [0, 0.05) is 16.8 Å². The molecule has 0 fully saturated rings. The lowest BCUT2D eigenvalue weighted by Gasteiger charge is -2.32. The molecule has 0 bridgehead atoms. The molecule has 1 aliphatic rings. The van der Waals surface area contributed by atoms with E-state index in [1.54, 1.807) is 0 Å². The van der Waals surface area contributed by atoms with Crippen molar-refractivity contribution in [2.24, 2.45) is 5.92 Å². The highest BCUT2D eigenvalue weighted by molar-refractivity contribution is 5.75. The van der Waals surface area contributed by atoms with Crippen LogP contribution in [0.25, 0.3) is 11.1 Å². The van der Waals surface area contributed by atoms with Gasteiger partial charge in [-0.2, -0.15) is 13.2 Å². The Kier molecular flexibility index (Phi) is 6.51. The average molecular weight is 476 g/mol. The summed E-state index contributed by atoms with van der Waals surface area (Å²) in [5, 5.41) is 11.0. The fraction of sp³-hybridized carbons (Fsp3) is 0.370. The molecule has 0 saturated carbocycles. The first kappa shape index (κ1) is 24.3. The van der Waals surface area contributed by atoms with Crippen molar-refractivity contribution in [3.63, 3.8) is 0 Å². The second kappa shape index (κ2) is 9.10. The topological polar surface area (TPSA) is 33.1 Å². The molecule has 1 aliphatic carbocycles. The molecule has 7 heteroatoms. The van der Waals surface area contributed by atoms with Gasteiger partial charge < -0.3 is 5.11 Å². The van der Waals surface area contributed by atoms with Gasteiger partial charge in [-0.3, -0.25) is 4.98 Å². The molecule has 4 rings (SSSR count). The van der Waals surface area contributed by atoms with Crippen LogP contribution in [-0.4, -0.2) is 10.1 Å². The number of benzene rings is 2. The van der Waals surface area contributed by atoms with Crippen LogP contribution in [0.5, 0.6) is 0 Å². The standard InChI is InChI=1S/C27H26F5NO/c1-14(2)26-24(25(29)17-4-8-18(9-5-17)27(30,31)32)22(16-6-10-19(28)11-7-16)23-20(33-26)12-15(3)13-21(23)34/h4-11,14-15,21,25,34H,12-13H2,1-3H3. The van der Waals surface area contributed by atoms with Crippen LogP contribution in [0.4, 0.5) is 22.0 Å². The van der Waals surface area contributed by atoms with Gasteiger partial charge in [0.25, 0.3) is 0 Å². The van der Waals surface area contributed by atoms with Crippen LogP contribution in [0, 0.1) is 11.7 Å². The van der Waals surface area contributed by atoms with Crippen LogP contribution >= 0.6 is 0 Å². The lowest BCUT2D eigenvalue weighted by atomic mass is 9.78. The monoisotopic (exact) mass is 475 g/mol. The summed E-state index contributed by atoms with van der Waals surface area (Å²) in [6.45, 7) is 5.75. The number of hydrogen-bond donors (Lipinski definition) is 1. The summed E-state index contributed by atoms with van der Waals surface area (Å²) in [4.78, 5) is 4.77. The largest absolute Gasteiger partial charge is 0.416 e. The summed E-state index contributed by atoms with van der Waals surface area (Å²) < 4.78 is 69.0. The van der Waals surface area contributed by atoms with Crippen molar-refractivity contribution in [3.05, 3.63) is 88.0 Å². The molecular formula is C27H26F5NO. The van der Waals surface area contributed by atoms with Crippen molar-refractivity contribution in [3.8, 4) is 11.1 Å². The zero-order valence-electron chi connectivity index (χ0n) is 19.1. The van der Waals surface area contributed by atoms with E-state index in [9.17, 15) is 22.7 Å². The van der Waals surface area contributed by atoms with Gasteiger partial charge in [0.1, 0.15) is 5.82 Å². The summed E-state index contributed by atoms with van der Waals surface area (Å²) in [7, 11) is 0. The number of halogens is 5. The first-order valence-corrected chi connectivity index (χ1v) is 11.3. The van der Waals surface area contributed by atoms with E-state index in [1.165, 1.54) is 24.3 Å². The van der Waals surface area contributed by atoms with Crippen LogP contribution in [0.1, 0.15) is 79.0 Å². The number of aromatic nitrogens is 1. The minimum atomic E-state index is -4.53. The number of rotatable bonds is 4. The molecule has 0 amide bonds. The number of hydrogen-bond acceptors (Lipinski definition) is 2. The SMILES string of the molecule is CC1Cc2nc(C(C)C)c(C(F)c3ccc(C(F)(F)F)cc3)c(-c3ccc(F)cc3)c2C(O)C1. The molecule has 3 aromatic rings. The zero-order chi connectivity index (χ0) is 24.8. The van der Waals surface area contributed by atoms with Gasteiger partial charge in [-0.1, -0.05) is 45.0 Å². The predicted molar refractivity (Wildman–Crippen MR) is 121 cm³/mol. The molecular weight excluding hydrogens is 449 g/mol. The highest BCUT2D eigenvalue weighted by atomic mass is 19.4. The van der Waals surface area contributed by atoms with Gasteiger partial charge in [0.15, 0.2) is 6.17 Å². The van der Waals surface area contributed by atoms with Gasteiger partial charge in [-0.15, -0.1) is 0 Å². The minimum absolute atomic E-state index is 0.0543. The molecule has 2 aromatic carbocycles. The van der Waals surface area contributed by atoms with E-state index in [0.717, 1.165) is 24.3 Å². The molecule has 1 N–H and O–H groups in total. The smallest absolute Gasteiger partial charge is 0.388 e. The lowest BCUT2D eigenvalue weighted by molar-refractivity contribution is -0.137. The Balaban J connectivity index is 1.98. The van der Waals surface area contributed by atoms with Gasteiger partial charge >= 0.3 is 6.18 Å². The molecule has 1 aromatic heterocycles. The van der Waals surface area contributed by atoms with Gasteiger partial charge in [0.2, 0.25) is 0 Å². The maximum Gasteiger partial charge on any atom is 0.416 e. The molecule has 0 spiro atoms. The first-order valence-electron chi connectivity index (χ1n) is 11.3. The van der Waals surface area contributed by atoms with Crippen LogP contribution in [0.15, 0.2) is 48.5 Å². The Bertz CT molecular complexity index is 1170. The molecule has 0 radical (unpaired) electrons. The van der Waals surface area contributed by atoms with Crippen molar-refractivity contribution < 1.29 is 27.1 Å². The zero-order valence-corrected chi connectivity index (χ0v) is 19.1. The Morgan fingerprint density at radius 2 is 1.62 bits per heavy atom. The number of nitrogens with zero attached hydrogens (tertiary/aromatic N) is 1. The number of fused-ring (bicyclic) bond motifs is 1. The van der Waals surface area contributed by atoms with Crippen molar-refractivity contribution in [1.82, 2.24) is 4.98 Å². The van der Waals surface area contributed by atoms with Crippen LogP contribution in [0.3, 0.4) is 0 Å². The van der Waals surface area contributed by atoms with Crippen LogP contribution < -0.4 is 0 Å². The fourth-order valence-corrected chi connectivity index (χ4v) is 4.74. The quantitative estimate of drug-likeness (QED) is 0.392. The molecule has 34 heavy (non-hydrogen) atoms. The summed E-state index contributed by atoms with van der Waals surface area (Å²) >= 11 is 0. The average Bonchev–Trinajstić information content (AvgIpc) is 2.77. The third-order valence-electron chi connectivity index (χ3n) is 6.35. The Hall–Kier alpha value is -2.80. The summed E-state index contributed by atoms with van der Waals surface area (Å²) in [5.41, 5.74) is 2.04. The second-order valence-electron chi connectivity index (χ2n) is 9.35. The van der Waals surface area contributed by atoms with E-state index >= 15 is 4.39 Å². The van der Waals surface area contributed by atoms with Crippen molar-refractivity contribution in [2.45, 2.75) is 58.0 Å². The maximum atomic E-state index is 16.2. The summed E-state index contributed by atoms with van der Waals surface area (Å²) in [5.74, 6) is -0.467. The van der Waals surface area contributed by atoms with E-state index in [2.05, 4.69) is 0 Å². The number of aliphatic hydroxyl groups excluding tert-OH is 1. The fourth-order valence-electron chi connectivity index (χ4n) is 4.74. The third kappa shape index (κ3) is 4.58. The summed E-state index contributed by atoms with van der Waals surface area (Å²) in [6.07, 6.45) is -6.12. The molecule has 180 valence electrons. The number of aliphatic hydroxyl groups is 1. The van der Waals surface area contributed by atoms with Gasteiger partial charge in [-0.05, 0) is 65.6 Å². The minimum Gasteiger partial charge on any atom is -0.388 e.